The number of hydrogen-bond acceptors (Lipinski definition) is 3. The lowest BCUT2D eigenvalue weighted by atomic mass is 9.84. The van der Waals surface area contributed by atoms with Gasteiger partial charge in [-0.2, -0.15) is 0 Å². The van der Waals surface area contributed by atoms with Crippen LogP contribution in [0.4, 0.5) is 0 Å². The third-order valence-electron chi connectivity index (χ3n) is 3.98. The van der Waals surface area contributed by atoms with Gasteiger partial charge in [0.25, 0.3) is 5.91 Å². The van der Waals surface area contributed by atoms with Crippen molar-refractivity contribution in [3.05, 3.63) is 28.8 Å². The molecule has 0 aromatic heterocycles. The van der Waals surface area contributed by atoms with Gasteiger partial charge in [-0.15, -0.1) is 0 Å². The van der Waals surface area contributed by atoms with E-state index in [4.69, 9.17) is 4.74 Å². The Bertz CT molecular complexity index is 499. The van der Waals surface area contributed by atoms with Crippen LogP contribution in [0.15, 0.2) is 12.1 Å². The summed E-state index contributed by atoms with van der Waals surface area (Å²) < 4.78 is 5.39. The number of nitrogens with one attached hydrogen (secondary N) is 2. The lowest BCUT2D eigenvalue weighted by Gasteiger charge is -2.29. The minimum atomic E-state index is -0.00514. The largest absolute Gasteiger partial charge is 0.496 e. The molecule has 1 saturated heterocycles. The Morgan fingerprint density at radius 3 is 2.94 bits per heavy atom. The van der Waals surface area contributed by atoms with Crippen molar-refractivity contribution < 1.29 is 9.53 Å². The van der Waals surface area contributed by atoms with Gasteiger partial charge in [-0.25, -0.2) is 0 Å². The maximum absolute atomic E-state index is 12.2. The molecule has 0 radical (unpaired) electrons. The molecule has 2 atom stereocenters. The van der Waals surface area contributed by atoms with Crippen molar-refractivity contribution in [2.24, 2.45) is 0 Å². The van der Waals surface area contributed by atoms with Crippen molar-refractivity contribution >= 4 is 5.91 Å². The third-order valence-corrected chi connectivity index (χ3v) is 3.98. The molecule has 2 aliphatic rings. The van der Waals surface area contributed by atoms with Crippen LogP contribution in [-0.4, -0.2) is 32.1 Å². The van der Waals surface area contributed by atoms with Gasteiger partial charge in [0.2, 0.25) is 0 Å². The van der Waals surface area contributed by atoms with E-state index in [0.717, 1.165) is 30.6 Å². The van der Waals surface area contributed by atoms with Gasteiger partial charge in [-0.1, -0.05) is 13.0 Å². The highest BCUT2D eigenvalue weighted by atomic mass is 16.5. The molecular weight excluding hydrogens is 228 g/mol. The molecular formula is C14H18N2O2. The fourth-order valence-corrected chi connectivity index (χ4v) is 2.99. The van der Waals surface area contributed by atoms with Crippen LogP contribution in [0, 0.1) is 0 Å². The van der Waals surface area contributed by atoms with Crippen molar-refractivity contribution in [2.75, 3.05) is 20.2 Å². The highest BCUT2D eigenvalue weighted by Crippen LogP contribution is 2.36. The number of benzene rings is 1. The molecule has 2 N–H and O–H groups in total. The molecule has 0 bridgehead atoms. The summed E-state index contributed by atoms with van der Waals surface area (Å²) in [6, 6.07) is 4.37. The lowest BCUT2D eigenvalue weighted by molar-refractivity contribution is 0.0920. The predicted molar refractivity (Wildman–Crippen MR) is 69.2 cm³/mol. The highest BCUT2D eigenvalue weighted by Gasteiger charge is 2.38. The number of amides is 1. The summed E-state index contributed by atoms with van der Waals surface area (Å²) in [6.07, 6.45) is 0.954. The van der Waals surface area contributed by atoms with Gasteiger partial charge in [0.15, 0.2) is 0 Å². The molecule has 4 heteroatoms. The number of aryl methyl sites for hydroxylation is 1. The van der Waals surface area contributed by atoms with Gasteiger partial charge >= 0.3 is 0 Å². The molecule has 1 aromatic carbocycles. The number of hydrogen-bond donors (Lipinski definition) is 2. The Labute approximate surface area is 107 Å². The zero-order chi connectivity index (χ0) is 12.7. The van der Waals surface area contributed by atoms with E-state index in [1.807, 2.05) is 6.07 Å². The van der Waals surface area contributed by atoms with Gasteiger partial charge in [-0.3, -0.25) is 4.79 Å². The summed E-state index contributed by atoms with van der Waals surface area (Å²) in [7, 11) is 1.63. The van der Waals surface area contributed by atoms with Crippen LogP contribution in [0.1, 0.15) is 34.3 Å². The molecule has 2 aliphatic heterocycles. The monoisotopic (exact) mass is 246 g/mol. The van der Waals surface area contributed by atoms with Crippen LogP contribution in [0.25, 0.3) is 0 Å². The molecule has 4 nitrogen and oxygen atoms in total. The van der Waals surface area contributed by atoms with E-state index in [9.17, 15) is 4.79 Å². The third kappa shape index (κ3) is 1.60. The molecule has 3 rings (SSSR count). The second-order valence-corrected chi connectivity index (χ2v) is 4.96. The van der Waals surface area contributed by atoms with E-state index in [-0.39, 0.29) is 11.9 Å². The zero-order valence-corrected chi connectivity index (χ0v) is 10.7. The van der Waals surface area contributed by atoms with Gasteiger partial charge < -0.3 is 15.4 Å². The van der Waals surface area contributed by atoms with Crippen LogP contribution in [0.5, 0.6) is 5.75 Å². The molecule has 0 spiro atoms. The standard InChI is InChI=1S/C14H18N2O2/c1-3-8-4-9-10-6-15-7-11(10)16-14(17)13(9)12(5-8)18-2/h4-5,10-11,15H,3,6-7H2,1-2H3,(H,16,17)/t10-,11+/m0/s1. The molecule has 0 aliphatic carbocycles. The summed E-state index contributed by atoms with van der Waals surface area (Å²) in [6.45, 7) is 3.90. The first-order valence-corrected chi connectivity index (χ1v) is 6.47. The van der Waals surface area contributed by atoms with Crippen molar-refractivity contribution in [2.45, 2.75) is 25.3 Å². The van der Waals surface area contributed by atoms with Crippen molar-refractivity contribution in [3.63, 3.8) is 0 Å². The Kier molecular flexibility index (Phi) is 2.74. The van der Waals surface area contributed by atoms with Crippen LogP contribution in [-0.2, 0) is 6.42 Å². The van der Waals surface area contributed by atoms with Crippen LogP contribution in [0.3, 0.4) is 0 Å². The molecule has 96 valence electrons. The van der Waals surface area contributed by atoms with Crippen molar-refractivity contribution in [1.29, 1.82) is 0 Å². The first-order chi connectivity index (χ1) is 8.74. The second kappa shape index (κ2) is 4.28. The van der Waals surface area contributed by atoms with Crippen LogP contribution < -0.4 is 15.4 Å². The number of rotatable bonds is 2. The molecule has 1 aromatic rings. The minimum Gasteiger partial charge on any atom is -0.496 e. The van der Waals surface area contributed by atoms with Crippen LogP contribution in [0.2, 0.25) is 0 Å². The fourth-order valence-electron chi connectivity index (χ4n) is 2.99. The predicted octanol–water partition coefficient (Wildman–Crippen LogP) is 1.06. The first kappa shape index (κ1) is 11.5. The number of ether oxygens (including phenoxy) is 1. The van der Waals surface area contributed by atoms with E-state index >= 15 is 0 Å². The average molecular weight is 246 g/mol. The SMILES string of the molecule is CCc1cc(OC)c2c(c1)[C@@H]1CNC[C@H]1NC2=O. The summed E-state index contributed by atoms with van der Waals surface area (Å²) >= 11 is 0. The second-order valence-electron chi connectivity index (χ2n) is 4.96. The number of carbonyl (C=O) groups excluding carboxylic acids is 1. The van der Waals surface area contributed by atoms with Gasteiger partial charge in [0, 0.05) is 25.0 Å². The maximum atomic E-state index is 12.2. The normalized spacial score (nSPS) is 25.3. The summed E-state index contributed by atoms with van der Waals surface area (Å²) in [5.74, 6) is 1.07. The maximum Gasteiger partial charge on any atom is 0.255 e. The molecule has 18 heavy (non-hydrogen) atoms. The zero-order valence-electron chi connectivity index (χ0n) is 10.7. The quantitative estimate of drug-likeness (QED) is 0.820. The molecule has 0 saturated carbocycles. The summed E-state index contributed by atoms with van der Waals surface area (Å²) in [4.78, 5) is 12.2. The Hall–Kier alpha value is -1.55. The number of methoxy groups -OCH3 is 1. The lowest BCUT2D eigenvalue weighted by Crippen LogP contribution is -2.44. The topological polar surface area (TPSA) is 50.4 Å². The van der Waals surface area contributed by atoms with Crippen molar-refractivity contribution in [1.82, 2.24) is 10.6 Å². The van der Waals surface area contributed by atoms with E-state index in [2.05, 4.69) is 23.6 Å². The number of carbonyl (C=O) groups is 1. The molecule has 0 unspecified atom stereocenters. The average Bonchev–Trinajstić information content (AvgIpc) is 2.85. The Morgan fingerprint density at radius 1 is 1.39 bits per heavy atom. The van der Waals surface area contributed by atoms with E-state index in [1.54, 1.807) is 7.11 Å². The molecule has 2 heterocycles. The van der Waals surface area contributed by atoms with Crippen molar-refractivity contribution in [3.8, 4) is 5.75 Å². The van der Waals surface area contributed by atoms with E-state index < -0.39 is 0 Å². The molecule has 1 fully saturated rings. The van der Waals surface area contributed by atoms with Gasteiger partial charge in [0.05, 0.1) is 12.7 Å². The fraction of sp³-hybridized carbons (Fsp3) is 0.500. The summed E-state index contributed by atoms with van der Waals surface area (Å²) in [5, 5.41) is 6.41. The molecule has 1 amide bonds. The number of fused-ring (bicyclic) bond motifs is 3. The Morgan fingerprint density at radius 2 is 2.22 bits per heavy atom. The minimum absolute atomic E-state index is 0.00514. The smallest absolute Gasteiger partial charge is 0.255 e. The summed E-state index contributed by atoms with van der Waals surface area (Å²) in [5.41, 5.74) is 3.09. The van der Waals surface area contributed by atoms with E-state index in [0.29, 0.717) is 11.7 Å². The highest BCUT2D eigenvalue weighted by molar-refractivity contribution is 6.00. The first-order valence-electron chi connectivity index (χ1n) is 6.47. The van der Waals surface area contributed by atoms with Gasteiger partial charge in [-0.05, 0) is 23.6 Å². The van der Waals surface area contributed by atoms with Gasteiger partial charge in [0.1, 0.15) is 5.75 Å². The van der Waals surface area contributed by atoms with Crippen LogP contribution >= 0.6 is 0 Å². The Balaban J connectivity index is 2.18. The van der Waals surface area contributed by atoms with E-state index in [1.165, 1.54) is 5.56 Å².